The first-order chi connectivity index (χ1) is 36.2. The number of furan rings is 1. The Kier molecular flexibility index (Phi) is 10.1. The summed E-state index contributed by atoms with van der Waals surface area (Å²) in [5.74, 6) is 0. The van der Waals surface area contributed by atoms with Crippen LogP contribution < -0.4 is 4.90 Å². The summed E-state index contributed by atoms with van der Waals surface area (Å²) in [4.78, 5) is 2.37. The third kappa shape index (κ3) is 7.02. The molecular formula is C71H47NO. The van der Waals surface area contributed by atoms with Crippen molar-refractivity contribution >= 4 is 49.8 Å². The van der Waals surface area contributed by atoms with Crippen molar-refractivity contribution in [3.8, 4) is 55.6 Å². The van der Waals surface area contributed by atoms with E-state index in [4.69, 9.17) is 4.42 Å². The van der Waals surface area contributed by atoms with Gasteiger partial charge in [0.05, 0.1) is 5.41 Å². The summed E-state index contributed by atoms with van der Waals surface area (Å²) in [6.45, 7) is 0. The highest BCUT2D eigenvalue weighted by Crippen LogP contribution is 2.58. The Morgan fingerprint density at radius 2 is 0.712 bits per heavy atom. The van der Waals surface area contributed by atoms with Crippen molar-refractivity contribution in [3.05, 3.63) is 307 Å². The zero-order valence-corrected chi connectivity index (χ0v) is 40.0. The number of hydrogen-bond donors (Lipinski definition) is 0. The highest BCUT2D eigenvalue weighted by molar-refractivity contribution is 6.06. The molecule has 2 heteroatoms. The van der Waals surface area contributed by atoms with Gasteiger partial charge in [-0.1, -0.05) is 231 Å². The minimum absolute atomic E-state index is 0.462. The number of para-hydroxylation sites is 1. The fourth-order valence-electron chi connectivity index (χ4n) is 11.8. The predicted octanol–water partition coefficient (Wildman–Crippen LogP) is 19.2. The van der Waals surface area contributed by atoms with Gasteiger partial charge in [-0.2, -0.15) is 0 Å². The maximum Gasteiger partial charge on any atom is 0.135 e. The van der Waals surface area contributed by atoms with Gasteiger partial charge in [-0.25, -0.2) is 0 Å². The van der Waals surface area contributed by atoms with Crippen LogP contribution in [0.1, 0.15) is 22.3 Å². The molecule has 73 heavy (non-hydrogen) atoms. The van der Waals surface area contributed by atoms with Crippen molar-refractivity contribution in [2.45, 2.75) is 5.41 Å². The van der Waals surface area contributed by atoms with E-state index >= 15 is 0 Å². The zero-order valence-electron chi connectivity index (χ0n) is 40.0. The van der Waals surface area contributed by atoms with Gasteiger partial charge in [0, 0.05) is 27.8 Å². The van der Waals surface area contributed by atoms with E-state index in [0.717, 1.165) is 50.1 Å². The Morgan fingerprint density at radius 3 is 1.40 bits per heavy atom. The number of rotatable bonds is 9. The fourth-order valence-corrected chi connectivity index (χ4v) is 11.8. The van der Waals surface area contributed by atoms with E-state index in [9.17, 15) is 0 Å². The van der Waals surface area contributed by atoms with Crippen LogP contribution in [0.25, 0.3) is 88.3 Å². The maximum absolute atomic E-state index is 6.18. The van der Waals surface area contributed by atoms with E-state index in [1.54, 1.807) is 0 Å². The zero-order chi connectivity index (χ0) is 48.3. The summed E-state index contributed by atoms with van der Waals surface area (Å²) >= 11 is 0. The number of benzene rings is 12. The van der Waals surface area contributed by atoms with Crippen LogP contribution in [0.4, 0.5) is 17.1 Å². The van der Waals surface area contributed by atoms with Gasteiger partial charge in [0.2, 0.25) is 0 Å². The summed E-state index contributed by atoms with van der Waals surface area (Å²) in [7, 11) is 0. The molecule has 0 unspecified atom stereocenters. The molecule has 1 heterocycles. The average molecular weight is 930 g/mol. The van der Waals surface area contributed by atoms with E-state index in [0.29, 0.717) is 0 Å². The molecule has 13 aromatic rings. The van der Waals surface area contributed by atoms with Gasteiger partial charge >= 0.3 is 0 Å². The van der Waals surface area contributed by atoms with Crippen molar-refractivity contribution in [1.82, 2.24) is 0 Å². The lowest BCUT2D eigenvalue weighted by Crippen LogP contribution is -2.28. The molecule has 342 valence electrons. The SMILES string of the molecule is c1ccc(C2(c3ccccc3)c3ccccc3-c3c(-c4ccc(N(c5ccc(-c6ccc(-c7cccc8ccccc78)cc6)cc5)c5ccc(-c6ccc7oc8ccccc8c7c6)cc5)cc4)cccc32)cc1. The summed E-state index contributed by atoms with van der Waals surface area (Å²) in [6, 6.07) is 104. The largest absolute Gasteiger partial charge is 0.456 e. The van der Waals surface area contributed by atoms with E-state index in [1.807, 2.05) is 12.1 Å². The molecule has 0 radical (unpaired) electrons. The summed E-state index contributed by atoms with van der Waals surface area (Å²) < 4.78 is 6.18. The molecule has 0 saturated heterocycles. The van der Waals surface area contributed by atoms with Crippen molar-refractivity contribution < 1.29 is 4.42 Å². The fraction of sp³-hybridized carbons (Fsp3) is 0.0141. The number of hydrogen-bond acceptors (Lipinski definition) is 2. The van der Waals surface area contributed by atoms with Crippen LogP contribution in [0.5, 0.6) is 0 Å². The van der Waals surface area contributed by atoms with Gasteiger partial charge in [0.25, 0.3) is 0 Å². The van der Waals surface area contributed by atoms with E-state index in [-0.39, 0.29) is 0 Å². The van der Waals surface area contributed by atoms with Crippen molar-refractivity contribution in [2.75, 3.05) is 4.90 Å². The Bertz CT molecular complexity index is 4110. The number of fused-ring (bicyclic) bond motifs is 7. The van der Waals surface area contributed by atoms with Crippen LogP contribution >= 0.6 is 0 Å². The molecule has 0 fully saturated rings. The minimum atomic E-state index is -0.462. The highest BCUT2D eigenvalue weighted by atomic mass is 16.3. The Morgan fingerprint density at radius 1 is 0.274 bits per heavy atom. The van der Waals surface area contributed by atoms with E-state index < -0.39 is 5.41 Å². The molecule has 2 nitrogen and oxygen atoms in total. The van der Waals surface area contributed by atoms with Crippen LogP contribution in [0.2, 0.25) is 0 Å². The Balaban J connectivity index is 0.851. The molecule has 1 aromatic heterocycles. The van der Waals surface area contributed by atoms with Crippen LogP contribution in [-0.4, -0.2) is 0 Å². The minimum Gasteiger partial charge on any atom is -0.456 e. The Hall–Kier alpha value is -9.50. The summed E-state index contributed by atoms with van der Waals surface area (Å²) in [5.41, 5.74) is 21.8. The third-order valence-electron chi connectivity index (χ3n) is 15.2. The van der Waals surface area contributed by atoms with Gasteiger partial charge in [-0.3, -0.25) is 0 Å². The molecule has 1 aliphatic carbocycles. The quantitative estimate of drug-likeness (QED) is 0.143. The smallest absolute Gasteiger partial charge is 0.135 e. The summed E-state index contributed by atoms with van der Waals surface area (Å²) in [5, 5.41) is 4.77. The second kappa shape index (κ2) is 17.4. The van der Waals surface area contributed by atoms with Crippen LogP contribution in [0, 0.1) is 0 Å². The molecule has 0 saturated carbocycles. The molecule has 0 spiro atoms. The molecule has 0 atom stereocenters. The van der Waals surface area contributed by atoms with Crippen molar-refractivity contribution in [1.29, 1.82) is 0 Å². The monoisotopic (exact) mass is 929 g/mol. The van der Waals surface area contributed by atoms with Gasteiger partial charge < -0.3 is 9.32 Å². The van der Waals surface area contributed by atoms with Crippen molar-refractivity contribution in [3.63, 3.8) is 0 Å². The van der Waals surface area contributed by atoms with E-state index in [2.05, 4.69) is 278 Å². The molecule has 12 aromatic carbocycles. The first kappa shape index (κ1) is 42.4. The molecule has 0 N–H and O–H groups in total. The molecule has 0 amide bonds. The standard InChI is InChI=1S/C71H47NO/c1-3-17-55(18-4-1)71(56-19-5-2-6-20-56)66-26-11-9-23-64(66)70-62(25-14-27-67(70)71)53-37-44-59(45-38-53)72(58-42-35-50(36-43-58)54-39-46-69-65(47-54)63-22-10-12-28-68(63)73-69)57-40-33-49(34-41-57)48-29-31-52(32-30-48)61-24-13-16-51-15-7-8-21-60(51)61/h1-47H. The second-order valence-corrected chi connectivity index (χ2v) is 19.1. The number of anilines is 3. The topological polar surface area (TPSA) is 16.4 Å². The molecule has 1 aliphatic rings. The Labute approximate surface area is 425 Å². The third-order valence-corrected chi connectivity index (χ3v) is 15.2. The second-order valence-electron chi connectivity index (χ2n) is 19.1. The number of nitrogens with zero attached hydrogens (tertiary/aromatic N) is 1. The lowest BCUT2D eigenvalue weighted by Gasteiger charge is -2.34. The first-order valence-corrected chi connectivity index (χ1v) is 25.1. The molecular weight excluding hydrogens is 883 g/mol. The molecule has 0 bridgehead atoms. The summed E-state index contributed by atoms with van der Waals surface area (Å²) in [6.07, 6.45) is 0. The normalized spacial score (nSPS) is 12.5. The van der Waals surface area contributed by atoms with Gasteiger partial charge in [-0.15, -0.1) is 0 Å². The molecule has 14 rings (SSSR count). The van der Waals surface area contributed by atoms with Crippen LogP contribution in [-0.2, 0) is 5.41 Å². The first-order valence-electron chi connectivity index (χ1n) is 25.1. The average Bonchev–Trinajstić information content (AvgIpc) is 4.05. The van der Waals surface area contributed by atoms with Gasteiger partial charge in [0.1, 0.15) is 11.2 Å². The van der Waals surface area contributed by atoms with Crippen LogP contribution in [0.3, 0.4) is 0 Å². The molecule has 0 aliphatic heterocycles. The van der Waals surface area contributed by atoms with Gasteiger partial charge in [0.15, 0.2) is 0 Å². The van der Waals surface area contributed by atoms with Gasteiger partial charge in [-0.05, 0) is 143 Å². The predicted molar refractivity (Wildman–Crippen MR) is 305 cm³/mol. The van der Waals surface area contributed by atoms with Crippen LogP contribution in [0.15, 0.2) is 290 Å². The van der Waals surface area contributed by atoms with E-state index in [1.165, 1.54) is 77.5 Å². The van der Waals surface area contributed by atoms with Crippen molar-refractivity contribution in [2.24, 2.45) is 0 Å². The lowest BCUT2D eigenvalue weighted by atomic mass is 9.67. The highest BCUT2D eigenvalue weighted by Gasteiger charge is 2.46. The maximum atomic E-state index is 6.18. The lowest BCUT2D eigenvalue weighted by molar-refractivity contribution is 0.669.